The number of amides is 2. The molecule has 2 atom stereocenters. The third kappa shape index (κ3) is 10.9. The molecule has 3 rings (SSSR count). The number of nitrogens with zero attached hydrogens (tertiary/aromatic N) is 2. The molecule has 2 amide bonds. The van der Waals surface area contributed by atoms with E-state index in [9.17, 15) is 27.6 Å². The van der Waals surface area contributed by atoms with E-state index in [4.69, 9.17) is 9.47 Å². The zero-order valence-electron chi connectivity index (χ0n) is 27.8. The number of carbonyl (C=O) groups is 3. The highest BCUT2D eigenvalue weighted by Gasteiger charge is 2.38. The Kier molecular flexibility index (Phi) is 12.2. The number of nitrogens with one attached hydrogen (secondary N) is 1. The first kappa shape index (κ1) is 37.1. The van der Waals surface area contributed by atoms with E-state index in [1.54, 1.807) is 37.6 Å². The molecule has 0 aliphatic carbocycles. The predicted octanol–water partition coefficient (Wildman–Crippen LogP) is 7.51. The molecule has 2 aromatic carbocycles. The van der Waals surface area contributed by atoms with Crippen LogP contribution in [0.5, 0.6) is 0 Å². The van der Waals surface area contributed by atoms with Crippen molar-refractivity contribution in [2.45, 2.75) is 85.5 Å². The summed E-state index contributed by atoms with van der Waals surface area (Å²) in [4.78, 5) is 39.1. The molecule has 0 spiro atoms. The number of hydrogen-bond donors (Lipinski definition) is 1. The molecule has 0 aliphatic rings. The number of alkyl carbamates (subject to hydrolysis) is 1. The molecule has 1 heterocycles. The number of halogens is 4. The maximum Gasteiger partial charge on any atom is 0.408 e. The van der Waals surface area contributed by atoms with Crippen molar-refractivity contribution in [3.63, 3.8) is 0 Å². The lowest BCUT2D eigenvalue weighted by Crippen LogP contribution is -2.48. The van der Waals surface area contributed by atoms with Crippen LogP contribution in [0.1, 0.15) is 72.2 Å². The van der Waals surface area contributed by atoms with E-state index in [2.05, 4.69) is 5.32 Å². The van der Waals surface area contributed by atoms with E-state index in [0.29, 0.717) is 11.3 Å². The van der Waals surface area contributed by atoms with Crippen LogP contribution in [0.25, 0.3) is 11.1 Å². The van der Waals surface area contributed by atoms with Crippen molar-refractivity contribution in [1.29, 1.82) is 0 Å². The van der Waals surface area contributed by atoms with Gasteiger partial charge >= 0.3 is 12.1 Å². The normalized spacial score (nSPS) is 13.2. The Labute approximate surface area is 273 Å². The zero-order chi connectivity index (χ0) is 35.1. The quantitative estimate of drug-likeness (QED) is 0.160. The first-order chi connectivity index (χ1) is 21.9. The standard InChI is InChI=1S/C35H43F4N3O5/c1-22(43)46-21-30(44)42(16-15-28(32(38)39)40-33(45)47-35(5,6)7)31(34(2,3)4)29-17-24(26-18-25(36)13-14-27(26)37)20-41(29)19-23-11-9-8-10-12-23/h8-14,17-18,20,28,31-32H,15-16,19,21H2,1-7H3,(H,40,45)/t28?,31-/m0/s1. The highest BCUT2D eigenvalue weighted by atomic mass is 19.3. The molecule has 0 fully saturated rings. The molecular weight excluding hydrogens is 618 g/mol. The van der Waals surface area contributed by atoms with E-state index in [1.807, 2.05) is 51.1 Å². The maximum absolute atomic E-state index is 15.0. The fraction of sp³-hybridized carbons (Fsp3) is 0.457. The van der Waals surface area contributed by atoms with Crippen LogP contribution >= 0.6 is 0 Å². The Bertz CT molecular complexity index is 1530. The average molecular weight is 662 g/mol. The van der Waals surface area contributed by atoms with Gasteiger partial charge in [0, 0.05) is 43.0 Å². The van der Waals surface area contributed by atoms with Gasteiger partial charge in [-0.15, -0.1) is 0 Å². The third-order valence-electron chi connectivity index (χ3n) is 7.18. The van der Waals surface area contributed by atoms with Crippen molar-refractivity contribution in [3.05, 3.63) is 83.7 Å². The number of esters is 1. The monoisotopic (exact) mass is 661 g/mol. The smallest absolute Gasteiger partial charge is 0.408 e. The van der Waals surface area contributed by atoms with Crippen molar-refractivity contribution in [2.75, 3.05) is 13.2 Å². The molecule has 1 aromatic heterocycles. The fourth-order valence-electron chi connectivity index (χ4n) is 5.25. The molecule has 12 heteroatoms. The number of hydrogen-bond acceptors (Lipinski definition) is 5. The van der Waals surface area contributed by atoms with Gasteiger partial charge in [-0.1, -0.05) is 51.1 Å². The van der Waals surface area contributed by atoms with Gasteiger partial charge in [-0.3, -0.25) is 9.59 Å². The Morgan fingerprint density at radius 1 is 0.957 bits per heavy atom. The highest BCUT2D eigenvalue weighted by Crippen LogP contribution is 2.41. The van der Waals surface area contributed by atoms with Crippen molar-refractivity contribution in [3.8, 4) is 11.1 Å². The second-order valence-electron chi connectivity index (χ2n) is 13.4. The van der Waals surface area contributed by atoms with Crippen LogP contribution < -0.4 is 5.32 Å². The summed E-state index contributed by atoms with van der Waals surface area (Å²) in [5, 5.41) is 2.20. The topological polar surface area (TPSA) is 89.9 Å². The number of aromatic nitrogens is 1. The summed E-state index contributed by atoms with van der Waals surface area (Å²) in [6.45, 7) is 10.8. The van der Waals surface area contributed by atoms with E-state index in [-0.39, 0.29) is 25.1 Å². The van der Waals surface area contributed by atoms with E-state index < -0.39 is 65.7 Å². The highest BCUT2D eigenvalue weighted by molar-refractivity contribution is 5.80. The van der Waals surface area contributed by atoms with E-state index >= 15 is 4.39 Å². The maximum atomic E-state index is 15.0. The summed E-state index contributed by atoms with van der Waals surface area (Å²) in [7, 11) is 0. The lowest BCUT2D eigenvalue weighted by molar-refractivity contribution is -0.153. The fourth-order valence-corrected chi connectivity index (χ4v) is 5.25. The number of carbonyl (C=O) groups excluding carboxylic acids is 3. The van der Waals surface area contributed by atoms with Gasteiger partial charge in [0.25, 0.3) is 12.3 Å². The molecule has 0 bridgehead atoms. The van der Waals surface area contributed by atoms with Crippen LogP contribution in [0.2, 0.25) is 0 Å². The van der Waals surface area contributed by atoms with Gasteiger partial charge in [-0.25, -0.2) is 22.4 Å². The Hall–Kier alpha value is -4.35. The van der Waals surface area contributed by atoms with E-state index in [1.165, 1.54) is 4.90 Å². The zero-order valence-corrected chi connectivity index (χ0v) is 27.8. The van der Waals surface area contributed by atoms with Crippen LogP contribution in [0.15, 0.2) is 60.8 Å². The van der Waals surface area contributed by atoms with Gasteiger partial charge in [-0.2, -0.15) is 0 Å². The summed E-state index contributed by atoms with van der Waals surface area (Å²) in [6.07, 6.45) is -2.75. The summed E-state index contributed by atoms with van der Waals surface area (Å²) in [5.74, 6) is -2.67. The largest absolute Gasteiger partial charge is 0.456 e. The van der Waals surface area contributed by atoms with Crippen molar-refractivity contribution in [2.24, 2.45) is 5.41 Å². The molecule has 1 unspecified atom stereocenters. The summed E-state index contributed by atoms with van der Waals surface area (Å²) >= 11 is 0. The molecule has 47 heavy (non-hydrogen) atoms. The number of ether oxygens (including phenoxy) is 2. The van der Waals surface area contributed by atoms with Crippen molar-refractivity contribution < 1.29 is 41.4 Å². The third-order valence-corrected chi connectivity index (χ3v) is 7.18. The molecular formula is C35H43F4N3O5. The predicted molar refractivity (Wildman–Crippen MR) is 170 cm³/mol. The Balaban J connectivity index is 2.14. The van der Waals surface area contributed by atoms with Gasteiger partial charge < -0.3 is 24.3 Å². The van der Waals surface area contributed by atoms with Gasteiger partial charge in [0.05, 0.1) is 12.1 Å². The molecule has 1 N–H and O–H groups in total. The lowest BCUT2D eigenvalue weighted by Gasteiger charge is -2.41. The minimum atomic E-state index is -2.99. The molecule has 0 aliphatic heterocycles. The van der Waals surface area contributed by atoms with E-state index in [0.717, 1.165) is 30.7 Å². The molecule has 0 saturated heterocycles. The Morgan fingerprint density at radius 2 is 1.62 bits per heavy atom. The van der Waals surface area contributed by atoms with Crippen LogP contribution in [0.3, 0.4) is 0 Å². The van der Waals surface area contributed by atoms with Crippen molar-refractivity contribution in [1.82, 2.24) is 14.8 Å². The first-order valence-electron chi connectivity index (χ1n) is 15.3. The van der Waals surface area contributed by atoms with Gasteiger partial charge in [0.2, 0.25) is 0 Å². The lowest BCUT2D eigenvalue weighted by atomic mass is 9.82. The molecule has 3 aromatic rings. The van der Waals surface area contributed by atoms with Crippen LogP contribution in [0.4, 0.5) is 22.4 Å². The summed E-state index contributed by atoms with van der Waals surface area (Å²) in [5.41, 5.74) is 0.0260. The van der Waals surface area contributed by atoms with Gasteiger partial charge in [0.1, 0.15) is 17.2 Å². The minimum absolute atomic E-state index is 0.00263. The first-order valence-corrected chi connectivity index (χ1v) is 15.3. The minimum Gasteiger partial charge on any atom is -0.456 e. The molecule has 8 nitrogen and oxygen atoms in total. The molecule has 256 valence electrons. The second kappa shape index (κ2) is 15.5. The molecule has 0 saturated carbocycles. The molecule has 0 radical (unpaired) electrons. The average Bonchev–Trinajstić information content (AvgIpc) is 3.35. The van der Waals surface area contributed by atoms with Crippen molar-refractivity contribution >= 4 is 18.0 Å². The summed E-state index contributed by atoms with van der Waals surface area (Å²) < 4.78 is 69.7. The van der Waals surface area contributed by atoms with Gasteiger partial charge in [-0.05, 0) is 62.4 Å². The van der Waals surface area contributed by atoms with Crippen LogP contribution in [-0.4, -0.2) is 58.7 Å². The number of alkyl halides is 2. The number of rotatable bonds is 12. The Morgan fingerprint density at radius 3 is 2.19 bits per heavy atom. The number of benzene rings is 2. The SMILES string of the molecule is CC(=O)OCC(=O)N(CCC(NC(=O)OC(C)(C)C)C(F)F)[C@@H](c1cc(-c2cc(F)ccc2F)cn1Cc1ccccc1)C(C)(C)C. The van der Waals surface area contributed by atoms with Crippen LogP contribution in [-0.2, 0) is 25.6 Å². The summed E-state index contributed by atoms with van der Waals surface area (Å²) in [6, 6.07) is 11.6. The van der Waals surface area contributed by atoms with Gasteiger partial charge in [0.15, 0.2) is 6.61 Å². The van der Waals surface area contributed by atoms with Crippen LogP contribution in [0, 0.1) is 17.0 Å². The second-order valence-corrected chi connectivity index (χ2v) is 13.4.